The van der Waals surface area contributed by atoms with Crippen molar-refractivity contribution in [2.45, 2.75) is 18.5 Å². The molecule has 2 rings (SSSR count). The smallest absolute Gasteiger partial charge is 0.265 e. The Hall–Kier alpha value is -2.00. The lowest BCUT2D eigenvalue weighted by atomic mass is 9.98. The zero-order chi connectivity index (χ0) is 15.7. The minimum absolute atomic E-state index is 0.368. The molecule has 114 valence electrons. The summed E-state index contributed by atoms with van der Waals surface area (Å²) in [5.41, 5.74) is 3.90. The van der Waals surface area contributed by atoms with Crippen LogP contribution in [-0.4, -0.2) is 42.3 Å². The third-order valence-corrected chi connectivity index (χ3v) is 5.28. The van der Waals surface area contributed by atoms with Crippen molar-refractivity contribution in [3.05, 3.63) is 46.0 Å². The van der Waals surface area contributed by atoms with Crippen LogP contribution in [0.4, 0.5) is 0 Å². The Morgan fingerprint density at radius 2 is 2.00 bits per heavy atom. The molecule has 1 fully saturated rings. The number of nitrogens with one attached hydrogen (secondary N) is 2. The van der Waals surface area contributed by atoms with Crippen LogP contribution < -0.4 is 10.9 Å². The fourth-order valence-corrected chi connectivity index (χ4v) is 4.58. The highest BCUT2D eigenvalue weighted by molar-refractivity contribution is 7.91. The Labute approximate surface area is 121 Å². The van der Waals surface area contributed by atoms with E-state index in [1.54, 1.807) is 30.3 Å². The molecule has 8 nitrogen and oxygen atoms in total. The Bertz CT molecular complexity index is 661. The van der Waals surface area contributed by atoms with Crippen molar-refractivity contribution < 1.29 is 18.1 Å². The van der Waals surface area contributed by atoms with E-state index in [1.807, 2.05) is 0 Å². The fourth-order valence-electron chi connectivity index (χ4n) is 2.31. The topological polar surface area (TPSA) is 118 Å². The molecule has 1 aromatic rings. The predicted octanol–water partition coefficient (Wildman–Crippen LogP) is -0.247. The summed E-state index contributed by atoms with van der Waals surface area (Å²) in [5.74, 6) is -1.42. The number of benzene rings is 1. The van der Waals surface area contributed by atoms with Gasteiger partial charge in [0.1, 0.15) is 11.3 Å². The van der Waals surface area contributed by atoms with E-state index in [9.17, 15) is 23.3 Å². The molecular formula is C12H15N3O5S. The summed E-state index contributed by atoms with van der Waals surface area (Å²) in [6.45, 7) is 1.41. The molecule has 0 aromatic heterocycles. The Morgan fingerprint density at radius 3 is 2.57 bits per heavy atom. The van der Waals surface area contributed by atoms with Crippen LogP contribution in [0.1, 0.15) is 17.3 Å². The quantitative estimate of drug-likeness (QED) is 0.584. The molecule has 1 amide bonds. The molecule has 1 aromatic carbocycles. The monoisotopic (exact) mass is 313 g/mol. The van der Waals surface area contributed by atoms with Crippen molar-refractivity contribution in [2.75, 3.05) is 11.5 Å². The number of hydrogen-bond acceptors (Lipinski definition) is 6. The first-order valence-corrected chi connectivity index (χ1v) is 8.02. The molecule has 0 spiro atoms. The van der Waals surface area contributed by atoms with Crippen LogP contribution in [-0.2, 0) is 9.84 Å². The van der Waals surface area contributed by atoms with Crippen molar-refractivity contribution in [3.8, 4) is 0 Å². The Kier molecular flexibility index (Phi) is 3.97. The molecule has 2 atom stereocenters. The Balaban J connectivity index is 2.11. The maximum atomic E-state index is 11.9. The fraction of sp³-hybridized carbons (Fsp3) is 0.417. The summed E-state index contributed by atoms with van der Waals surface area (Å²) >= 11 is 0. The van der Waals surface area contributed by atoms with E-state index >= 15 is 0 Å². The lowest BCUT2D eigenvalue weighted by Crippen LogP contribution is -2.60. The number of carbonyl (C=O) groups is 1. The first kappa shape index (κ1) is 15.4. The van der Waals surface area contributed by atoms with Crippen molar-refractivity contribution >= 4 is 15.7 Å². The van der Waals surface area contributed by atoms with Crippen molar-refractivity contribution in [3.63, 3.8) is 0 Å². The summed E-state index contributed by atoms with van der Waals surface area (Å²) in [6, 6.07) is 6.95. The third kappa shape index (κ3) is 3.37. The maximum Gasteiger partial charge on any atom is 0.265 e. The van der Waals surface area contributed by atoms with E-state index in [-0.39, 0.29) is 0 Å². The van der Waals surface area contributed by atoms with E-state index in [1.165, 1.54) is 6.92 Å². The van der Waals surface area contributed by atoms with Crippen LogP contribution >= 0.6 is 0 Å². The number of carbonyl (C=O) groups excluding carboxylic acids is 1. The summed E-state index contributed by atoms with van der Waals surface area (Å²) in [6.07, 6.45) is 0. The predicted molar refractivity (Wildman–Crippen MR) is 74.9 cm³/mol. The molecule has 9 heteroatoms. The summed E-state index contributed by atoms with van der Waals surface area (Å²) in [5, 5.41) is 11.0. The van der Waals surface area contributed by atoms with Crippen LogP contribution in [0.3, 0.4) is 0 Å². The summed E-state index contributed by atoms with van der Waals surface area (Å²) < 4.78 is 23.2. The highest BCUT2D eigenvalue weighted by Gasteiger charge is 2.55. The van der Waals surface area contributed by atoms with Crippen LogP contribution in [0, 0.1) is 10.1 Å². The van der Waals surface area contributed by atoms with Gasteiger partial charge in [0.2, 0.25) is 6.04 Å². The number of hydrazine groups is 1. The van der Waals surface area contributed by atoms with Gasteiger partial charge in [-0.15, -0.1) is 0 Å². The summed E-state index contributed by atoms with van der Waals surface area (Å²) in [7, 11) is -3.52. The molecular weight excluding hydrogens is 298 g/mol. The van der Waals surface area contributed by atoms with Gasteiger partial charge in [-0.2, -0.15) is 0 Å². The molecule has 0 radical (unpaired) electrons. The number of nitrogens with zero attached hydrogens (tertiary/aromatic N) is 1. The van der Waals surface area contributed by atoms with Gasteiger partial charge in [0.15, 0.2) is 9.84 Å². The van der Waals surface area contributed by atoms with Gasteiger partial charge in [-0.1, -0.05) is 18.2 Å². The van der Waals surface area contributed by atoms with Gasteiger partial charge in [0.05, 0.1) is 5.75 Å². The van der Waals surface area contributed by atoms with E-state index in [4.69, 9.17) is 0 Å². The minimum Gasteiger partial charge on any atom is -0.287 e. The van der Waals surface area contributed by atoms with Crippen LogP contribution in [0.25, 0.3) is 0 Å². The molecule has 1 aliphatic heterocycles. The van der Waals surface area contributed by atoms with Gasteiger partial charge in [0.25, 0.3) is 5.91 Å². The zero-order valence-corrected chi connectivity index (χ0v) is 12.1. The van der Waals surface area contributed by atoms with Crippen LogP contribution in [0.2, 0.25) is 0 Å². The molecule has 0 bridgehead atoms. The van der Waals surface area contributed by atoms with Crippen LogP contribution in [0.15, 0.2) is 30.3 Å². The van der Waals surface area contributed by atoms with Crippen LogP contribution in [0.5, 0.6) is 0 Å². The van der Waals surface area contributed by atoms with E-state index in [0.29, 0.717) is 5.56 Å². The van der Waals surface area contributed by atoms with Gasteiger partial charge in [-0.3, -0.25) is 20.3 Å². The Morgan fingerprint density at radius 1 is 1.38 bits per heavy atom. The summed E-state index contributed by atoms with van der Waals surface area (Å²) in [4.78, 5) is 22.3. The van der Waals surface area contributed by atoms with Gasteiger partial charge < -0.3 is 0 Å². The van der Waals surface area contributed by atoms with E-state index in [2.05, 4.69) is 10.9 Å². The molecule has 2 unspecified atom stereocenters. The molecule has 1 aliphatic rings. The molecule has 0 aliphatic carbocycles. The molecule has 1 saturated heterocycles. The molecule has 0 saturated carbocycles. The van der Waals surface area contributed by atoms with Gasteiger partial charge in [-0.05, 0) is 19.1 Å². The van der Waals surface area contributed by atoms with Crippen molar-refractivity contribution in [1.82, 2.24) is 10.9 Å². The maximum absolute atomic E-state index is 11.9. The molecule has 1 heterocycles. The van der Waals surface area contributed by atoms with Crippen molar-refractivity contribution in [2.24, 2.45) is 0 Å². The van der Waals surface area contributed by atoms with Crippen molar-refractivity contribution in [1.29, 1.82) is 0 Å². The third-order valence-electron chi connectivity index (χ3n) is 3.42. The number of rotatable bonds is 4. The largest absolute Gasteiger partial charge is 0.287 e. The first-order chi connectivity index (χ1) is 9.73. The number of nitro groups is 1. The lowest BCUT2D eigenvalue weighted by Gasteiger charge is -2.25. The number of sulfone groups is 1. The standard InChI is InChI=1S/C12H15N3O5S/c1-12(8-21(19,20)7-10(12)15(17)18)14-13-11(16)9-5-3-2-4-6-9/h2-6,10,14H,7-8H2,1H3,(H,13,16). The second-order valence-electron chi connectivity index (χ2n) is 5.22. The molecule has 21 heavy (non-hydrogen) atoms. The number of amides is 1. The number of hydrogen-bond donors (Lipinski definition) is 2. The van der Waals surface area contributed by atoms with E-state index < -0.39 is 43.8 Å². The average molecular weight is 313 g/mol. The highest BCUT2D eigenvalue weighted by Crippen LogP contribution is 2.25. The lowest BCUT2D eigenvalue weighted by molar-refractivity contribution is -0.526. The second-order valence-corrected chi connectivity index (χ2v) is 7.33. The molecule has 2 N–H and O–H groups in total. The SMILES string of the molecule is CC1(NNC(=O)c2ccccc2)CS(=O)(=O)CC1[N+](=O)[O-]. The van der Waals surface area contributed by atoms with Gasteiger partial charge in [0, 0.05) is 10.5 Å². The second kappa shape index (κ2) is 5.41. The van der Waals surface area contributed by atoms with Gasteiger partial charge in [-0.25, -0.2) is 13.8 Å². The normalized spacial score (nSPS) is 27.2. The van der Waals surface area contributed by atoms with E-state index in [0.717, 1.165) is 0 Å². The zero-order valence-electron chi connectivity index (χ0n) is 11.3. The van der Waals surface area contributed by atoms with Gasteiger partial charge >= 0.3 is 0 Å². The minimum atomic E-state index is -3.52. The average Bonchev–Trinajstić information content (AvgIpc) is 2.68. The highest BCUT2D eigenvalue weighted by atomic mass is 32.2. The first-order valence-electron chi connectivity index (χ1n) is 6.20.